The van der Waals surface area contributed by atoms with Gasteiger partial charge in [-0.2, -0.15) is 4.99 Å². The second-order valence-electron chi connectivity index (χ2n) is 6.57. The highest BCUT2D eigenvalue weighted by Crippen LogP contribution is 2.41. The van der Waals surface area contributed by atoms with Crippen LogP contribution in [0.4, 0.5) is 10.1 Å². The van der Waals surface area contributed by atoms with Crippen LogP contribution >= 0.6 is 11.8 Å². The topological polar surface area (TPSA) is 66.8 Å². The third-order valence-corrected chi connectivity index (χ3v) is 7.81. The minimum Gasteiger partial charge on any atom is -0.313 e. The van der Waals surface area contributed by atoms with Gasteiger partial charge in [-0.05, 0) is 17.7 Å². The number of hydrogen-bond donors (Lipinski definition) is 0. The minimum absolute atomic E-state index is 0.0131. The smallest absolute Gasteiger partial charge is 0.252 e. The predicted molar refractivity (Wildman–Crippen MR) is 105 cm³/mol. The molecule has 27 heavy (non-hydrogen) atoms. The van der Waals surface area contributed by atoms with Gasteiger partial charge in [0.05, 0.1) is 29.7 Å². The van der Waals surface area contributed by atoms with Gasteiger partial charge in [-0.15, -0.1) is 0 Å². The zero-order valence-corrected chi connectivity index (χ0v) is 15.9. The first-order valence-corrected chi connectivity index (χ1v) is 11.2. The molecule has 0 N–H and O–H groups in total. The summed E-state index contributed by atoms with van der Waals surface area (Å²) in [6.07, 6.45) is 0.143. The van der Waals surface area contributed by atoms with E-state index in [4.69, 9.17) is 0 Å². The van der Waals surface area contributed by atoms with Crippen molar-refractivity contribution in [1.29, 1.82) is 0 Å². The highest BCUT2D eigenvalue weighted by Gasteiger charge is 2.49. The molecule has 0 bridgehead atoms. The number of thioether (sulfide) groups is 1. The first-order chi connectivity index (χ1) is 12.9. The van der Waals surface area contributed by atoms with Gasteiger partial charge < -0.3 is 4.90 Å². The van der Waals surface area contributed by atoms with Gasteiger partial charge in [0, 0.05) is 5.25 Å². The number of fused-ring (bicyclic) bond motifs is 1. The normalized spacial score (nSPS) is 24.9. The van der Waals surface area contributed by atoms with Crippen LogP contribution in [0.5, 0.6) is 0 Å². The molecule has 2 aliphatic heterocycles. The molecule has 0 radical (unpaired) electrons. The van der Waals surface area contributed by atoms with Crippen molar-refractivity contribution in [3.05, 3.63) is 66.0 Å². The van der Waals surface area contributed by atoms with Gasteiger partial charge in [-0.3, -0.25) is 4.79 Å². The average Bonchev–Trinajstić information content (AvgIpc) is 3.07. The zero-order chi connectivity index (χ0) is 19.0. The molecule has 8 heteroatoms. The first kappa shape index (κ1) is 18.2. The number of amidine groups is 1. The van der Waals surface area contributed by atoms with Crippen molar-refractivity contribution in [1.82, 2.24) is 0 Å². The molecule has 4 rings (SSSR count). The van der Waals surface area contributed by atoms with Crippen molar-refractivity contribution in [2.45, 2.75) is 17.7 Å². The number of anilines is 1. The number of hydrogen-bond acceptors (Lipinski definition) is 4. The SMILES string of the molecule is O=C(Cc1ccccc1)N=C1S[C@H]2CS(=O)(=O)C[C@@H]2N1c1ccccc1F. The summed E-state index contributed by atoms with van der Waals surface area (Å²) in [6, 6.07) is 15.0. The van der Waals surface area contributed by atoms with Crippen LogP contribution in [0.15, 0.2) is 59.6 Å². The molecule has 2 fully saturated rings. The summed E-state index contributed by atoms with van der Waals surface area (Å²) >= 11 is 1.24. The molecular formula is C19H17FN2O3S2. The summed E-state index contributed by atoms with van der Waals surface area (Å²) in [5.41, 5.74) is 1.09. The van der Waals surface area contributed by atoms with E-state index in [0.717, 1.165) is 5.56 Å². The molecule has 2 aromatic carbocycles. The molecule has 0 unspecified atom stereocenters. The number of rotatable bonds is 3. The fraction of sp³-hybridized carbons (Fsp3) is 0.263. The van der Waals surface area contributed by atoms with E-state index in [1.807, 2.05) is 30.3 Å². The Balaban J connectivity index is 1.67. The molecule has 0 spiro atoms. The van der Waals surface area contributed by atoms with E-state index in [2.05, 4.69) is 4.99 Å². The van der Waals surface area contributed by atoms with Crippen LogP contribution in [0.25, 0.3) is 0 Å². The molecule has 0 aliphatic carbocycles. The maximum absolute atomic E-state index is 14.4. The number of carbonyl (C=O) groups is 1. The van der Waals surface area contributed by atoms with Crippen molar-refractivity contribution >= 4 is 38.4 Å². The van der Waals surface area contributed by atoms with Crippen molar-refractivity contribution in [3.63, 3.8) is 0 Å². The van der Waals surface area contributed by atoms with Gasteiger partial charge in [-0.1, -0.05) is 54.2 Å². The molecule has 0 aromatic heterocycles. The van der Waals surface area contributed by atoms with Crippen LogP contribution in [-0.2, 0) is 21.1 Å². The van der Waals surface area contributed by atoms with Crippen LogP contribution in [-0.4, -0.2) is 42.3 Å². The highest BCUT2D eigenvalue weighted by atomic mass is 32.2. The van der Waals surface area contributed by atoms with E-state index >= 15 is 0 Å². The Bertz CT molecular complexity index is 1010. The monoisotopic (exact) mass is 404 g/mol. The molecular weight excluding hydrogens is 387 g/mol. The number of para-hydroxylation sites is 1. The van der Waals surface area contributed by atoms with Crippen LogP contribution in [0.3, 0.4) is 0 Å². The van der Waals surface area contributed by atoms with Crippen molar-refractivity contribution in [2.24, 2.45) is 4.99 Å². The maximum atomic E-state index is 14.4. The summed E-state index contributed by atoms with van der Waals surface area (Å²) < 4.78 is 38.5. The molecule has 140 valence electrons. The Morgan fingerprint density at radius 3 is 2.56 bits per heavy atom. The van der Waals surface area contributed by atoms with E-state index in [1.54, 1.807) is 23.1 Å². The van der Waals surface area contributed by atoms with Gasteiger partial charge in [0.25, 0.3) is 5.91 Å². The number of halogens is 1. The lowest BCUT2D eigenvalue weighted by atomic mass is 10.1. The Morgan fingerprint density at radius 1 is 1.11 bits per heavy atom. The molecule has 1 amide bonds. The number of benzene rings is 2. The molecule has 2 aliphatic rings. The Labute approximate surface area is 161 Å². The summed E-state index contributed by atoms with van der Waals surface area (Å²) in [4.78, 5) is 18.2. The summed E-state index contributed by atoms with van der Waals surface area (Å²) in [7, 11) is -3.18. The van der Waals surface area contributed by atoms with Crippen LogP contribution in [0.2, 0.25) is 0 Å². The number of nitrogens with zero attached hydrogens (tertiary/aromatic N) is 2. The van der Waals surface area contributed by atoms with Gasteiger partial charge in [0.15, 0.2) is 15.0 Å². The molecule has 5 nitrogen and oxygen atoms in total. The number of amides is 1. The fourth-order valence-electron chi connectivity index (χ4n) is 3.41. The van der Waals surface area contributed by atoms with E-state index in [0.29, 0.717) is 5.17 Å². The van der Waals surface area contributed by atoms with Crippen LogP contribution in [0.1, 0.15) is 5.56 Å². The van der Waals surface area contributed by atoms with E-state index in [-0.39, 0.29) is 34.8 Å². The second-order valence-corrected chi connectivity index (χ2v) is 9.93. The van der Waals surface area contributed by atoms with E-state index in [1.165, 1.54) is 17.8 Å². The number of carbonyl (C=O) groups excluding carboxylic acids is 1. The third-order valence-electron chi connectivity index (χ3n) is 4.60. The first-order valence-electron chi connectivity index (χ1n) is 8.49. The largest absolute Gasteiger partial charge is 0.313 e. The van der Waals surface area contributed by atoms with Crippen LogP contribution < -0.4 is 4.90 Å². The lowest BCUT2D eigenvalue weighted by Gasteiger charge is -2.24. The average molecular weight is 404 g/mol. The van der Waals surface area contributed by atoms with Gasteiger partial charge >= 0.3 is 0 Å². The van der Waals surface area contributed by atoms with Gasteiger partial charge in [0.2, 0.25) is 0 Å². The Hall–Kier alpha value is -2.19. The lowest BCUT2D eigenvalue weighted by molar-refractivity contribution is -0.117. The lowest BCUT2D eigenvalue weighted by Crippen LogP contribution is -2.38. The standard InChI is InChI=1S/C19H17FN2O3S2/c20-14-8-4-5-9-15(14)22-16-11-27(24,25)12-17(16)26-19(22)21-18(23)10-13-6-2-1-3-7-13/h1-9,16-17H,10-12H2/t16-,17-/m0/s1. The Morgan fingerprint density at radius 2 is 1.81 bits per heavy atom. The minimum atomic E-state index is -3.18. The molecule has 2 saturated heterocycles. The zero-order valence-electron chi connectivity index (χ0n) is 14.3. The van der Waals surface area contributed by atoms with Crippen molar-refractivity contribution in [2.75, 3.05) is 16.4 Å². The molecule has 0 saturated carbocycles. The van der Waals surface area contributed by atoms with Gasteiger partial charge in [-0.25, -0.2) is 12.8 Å². The maximum Gasteiger partial charge on any atom is 0.252 e. The summed E-state index contributed by atoms with van der Waals surface area (Å²) in [5.74, 6) is -0.858. The summed E-state index contributed by atoms with van der Waals surface area (Å²) in [5, 5.41) is 0.115. The fourth-order valence-corrected chi connectivity index (χ4v) is 7.33. The van der Waals surface area contributed by atoms with E-state index < -0.39 is 21.7 Å². The molecule has 2 heterocycles. The third kappa shape index (κ3) is 3.77. The van der Waals surface area contributed by atoms with E-state index in [9.17, 15) is 17.6 Å². The summed E-state index contributed by atoms with van der Waals surface area (Å²) in [6.45, 7) is 0. The Kier molecular flexibility index (Phi) is 4.77. The molecule has 2 atom stereocenters. The number of sulfone groups is 1. The predicted octanol–water partition coefficient (Wildman–Crippen LogP) is 2.67. The quantitative estimate of drug-likeness (QED) is 0.787. The second kappa shape index (κ2) is 7.09. The van der Waals surface area contributed by atoms with Crippen molar-refractivity contribution in [3.8, 4) is 0 Å². The number of aliphatic imine (C=N–C) groups is 1. The van der Waals surface area contributed by atoms with Gasteiger partial charge in [0.1, 0.15) is 5.82 Å². The molecule has 2 aromatic rings. The van der Waals surface area contributed by atoms with Crippen molar-refractivity contribution < 1.29 is 17.6 Å². The van der Waals surface area contributed by atoms with Crippen LogP contribution in [0, 0.1) is 5.82 Å². The highest BCUT2D eigenvalue weighted by molar-refractivity contribution is 8.16.